The molecular formula is C20H23N3O2. The number of rotatable bonds is 9. The van der Waals surface area contributed by atoms with Crippen molar-refractivity contribution in [2.24, 2.45) is 0 Å². The minimum absolute atomic E-state index is 0.346. The molecule has 0 bridgehead atoms. The van der Waals surface area contributed by atoms with Crippen LogP contribution in [0.5, 0.6) is 0 Å². The van der Waals surface area contributed by atoms with Crippen molar-refractivity contribution in [2.75, 3.05) is 5.06 Å². The molecule has 2 heterocycles. The number of aromatic nitrogens is 2. The lowest BCUT2D eigenvalue weighted by Gasteiger charge is -2.23. The molecule has 0 aliphatic rings. The zero-order chi connectivity index (χ0) is 17.3. The van der Waals surface area contributed by atoms with Crippen LogP contribution in [-0.4, -0.2) is 10.1 Å². The topological polar surface area (TPSA) is 51.4 Å². The van der Waals surface area contributed by atoms with E-state index < -0.39 is 0 Å². The zero-order valence-corrected chi connectivity index (χ0v) is 14.5. The zero-order valence-electron chi connectivity index (χ0n) is 14.5. The fraction of sp³-hybridized carbons (Fsp3) is 0.300. The van der Waals surface area contributed by atoms with Gasteiger partial charge in [0, 0.05) is 18.5 Å². The second kappa shape index (κ2) is 8.99. The fourth-order valence-corrected chi connectivity index (χ4v) is 2.50. The molecule has 0 atom stereocenters. The number of pyridine rings is 1. The fourth-order valence-electron chi connectivity index (χ4n) is 2.50. The van der Waals surface area contributed by atoms with Crippen LogP contribution in [0.15, 0.2) is 65.4 Å². The number of hydrogen-bond donors (Lipinski definition) is 0. The lowest BCUT2D eigenvalue weighted by atomic mass is 10.2. The van der Waals surface area contributed by atoms with Crippen LogP contribution in [0.1, 0.15) is 36.8 Å². The van der Waals surface area contributed by atoms with E-state index in [1.54, 1.807) is 12.4 Å². The number of aryl methyl sites for hydroxylation is 1. The van der Waals surface area contributed by atoms with Crippen LogP contribution < -0.4 is 5.06 Å². The van der Waals surface area contributed by atoms with Crippen molar-refractivity contribution in [2.45, 2.75) is 39.3 Å². The molecule has 0 radical (unpaired) electrons. The van der Waals surface area contributed by atoms with Gasteiger partial charge < -0.3 is 4.52 Å². The number of unbranched alkanes of at least 4 members (excludes halogenated alkanes) is 1. The molecule has 0 spiro atoms. The molecule has 3 rings (SSSR count). The van der Waals surface area contributed by atoms with Crippen LogP contribution in [0.25, 0.3) is 0 Å². The molecule has 25 heavy (non-hydrogen) atoms. The van der Waals surface area contributed by atoms with Gasteiger partial charge in [0.2, 0.25) is 0 Å². The Morgan fingerprint density at radius 1 is 1.08 bits per heavy atom. The van der Waals surface area contributed by atoms with Crippen LogP contribution in [0.3, 0.4) is 0 Å². The average molecular weight is 337 g/mol. The number of benzene rings is 1. The van der Waals surface area contributed by atoms with Gasteiger partial charge in [-0.1, -0.05) is 36.7 Å². The summed E-state index contributed by atoms with van der Waals surface area (Å²) >= 11 is 0. The van der Waals surface area contributed by atoms with Crippen molar-refractivity contribution in [3.8, 4) is 0 Å². The van der Waals surface area contributed by atoms with Crippen LogP contribution in [0.4, 0.5) is 5.69 Å². The molecule has 0 saturated heterocycles. The smallest absolute Gasteiger partial charge is 0.165 e. The highest BCUT2D eigenvalue weighted by Crippen LogP contribution is 2.19. The van der Waals surface area contributed by atoms with Gasteiger partial charge in [0.25, 0.3) is 0 Å². The molecule has 130 valence electrons. The van der Waals surface area contributed by atoms with E-state index >= 15 is 0 Å². The maximum atomic E-state index is 6.02. The number of hydrogen-bond acceptors (Lipinski definition) is 5. The molecule has 0 amide bonds. The van der Waals surface area contributed by atoms with Crippen molar-refractivity contribution < 1.29 is 9.36 Å². The SMILES string of the molecule is CCCCc1cc(CON(Cc2ccncc2)c2ccccc2)on1. The highest BCUT2D eigenvalue weighted by molar-refractivity contribution is 5.44. The monoisotopic (exact) mass is 337 g/mol. The summed E-state index contributed by atoms with van der Waals surface area (Å²) in [6, 6.07) is 16.0. The Bertz CT molecular complexity index is 744. The number of anilines is 1. The molecular weight excluding hydrogens is 314 g/mol. The van der Waals surface area contributed by atoms with E-state index in [-0.39, 0.29) is 0 Å². The quantitative estimate of drug-likeness (QED) is 0.536. The number of hydroxylamine groups is 1. The van der Waals surface area contributed by atoms with Gasteiger partial charge in [0.05, 0.1) is 17.9 Å². The third-order valence-electron chi connectivity index (χ3n) is 3.88. The molecule has 0 saturated carbocycles. The van der Waals surface area contributed by atoms with Crippen molar-refractivity contribution in [1.82, 2.24) is 10.1 Å². The lowest BCUT2D eigenvalue weighted by molar-refractivity contribution is 0.0743. The van der Waals surface area contributed by atoms with E-state index in [1.807, 2.05) is 53.6 Å². The van der Waals surface area contributed by atoms with Crippen LogP contribution in [0, 0.1) is 0 Å². The Morgan fingerprint density at radius 3 is 2.64 bits per heavy atom. The predicted octanol–water partition coefficient (Wildman–Crippen LogP) is 4.55. The Kier molecular flexibility index (Phi) is 6.17. The van der Waals surface area contributed by atoms with Gasteiger partial charge >= 0.3 is 0 Å². The van der Waals surface area contributed by atoms with Gasteiger partial charge in [-0.3, -0.25) is 9.82 Å². The number of para-hydroxylation sites is 1. The maximum absolute atomic E-state index is 6.02. The summed E-state index contributed by atoms with van der Waals surface area (Å²) in [5.41, 5.74) is 3.10. The van der Waals surface area contributed by atoms with E-state index in [0.29, 0.717) is 13.2 Å². The lowest BCUT2D eigenvalue weighted by Crippen LogP contribution is -2.22. The summed E-state index contributed by atoms with van der Waals surface area (Å²) in [5.74, 6) is 0.738. The highest BCUT2D eigenvalue weighted by Gasteiger charge is 2.11. The van der Waals surface area contributed by atoms with Gasteiger partial charge in [0.15, 0.2) is 5.76 Å². The summed E-state index contributed by atoms with van der Waals surface area (Å²) in [6.07, 6.45) is 6.78. The molecule has 5 nitrogen and oxygen atoms in total. The molecule has 0 fully saturated rings. The van der Waals surface area contributed by atoms with Gasteiger partial charge in [-0.2, -0.15) is 0 Å². The second-order valence-corrected chi connectivity index (χ2v) is 5.89. The Balaban J connectivity index is 1.66. The van der Waals surface area contributed by atoms with E-state index in [0.717, 1.165) is 42.0 Å². The van der Waals surface area contributed by atoms with Crippen LogP contribution in [0.2, 0.25) is 0 Å². The second-order valence-electron chi connectivity index (χ2n) is 5.89. The first-order chi connectivity index (χ1) is 12.3. The summed E-state index contributed by atoms with van der Waals surface area (Å²) in [4.78, 5) is 10.1. The van der Waals surface area contributed by atoms with Gasteiger partial charge in [0.1, 0.15) is 6.61 Å². The van der Waals surface area contributed by atoms with E-state index in [4.69, 9.17) is 9.36 Å². The van der Waals surface area contributed by atoms with Crippen molar-refractivity contribution in [1.29, 1.82) is 0 Å². The predicted molar refractivity (Wildman–Crippen MR) is 96.8 cm³/mol. The van der Waals surface area contributed by atoms with Gasteiger partial charge in [-0.25, -0.2) is 5.06 Å². The molecule has 0 unspecified atom stereocenters. The van der Waals surface area contributed by atoms with E-state index in [2.05, 4.69) is 17.1 Å². The van der Waals surface area contributed by atoms with Crippen molar-refractivity contribution in [3.05, 3.63) is 77.9 Å². The first-order valence-corrected chi connectivity index (χ1v) is 8.64. The average Bonchev–Trinajstić information content (AvgIpc) is 3.13. The Hall–Kier alpha value is -2.66. The third-order valence-corrected chi connectivity index (χ3v) is 3.88. The third kappa shape index (κ3) is 5.16. The normalized spacial score (nSPS) is 10.8. The number of nitrogens with zero attached hydrogens (tertiary/aromatic N) is 3. The maximum Gasteiger partial charge on any atom is 0.165 e. The molecule has 0 aliphatic carbocycles. The molecule has 5 heteroatoms. The molecule has 0 aliphatic heterocycles. The van der Waals surface area contributed by atoms with Gasteiger partial charge in [-0.05, 0) is 42.7 Å². The van der Waals surface area contributed by atoms with Crippen LogP contribution in [-0.2, 0) is 24.4 Å². The van der Waals surface area contributed by atoms with Crippen molar-refractivity contribution >= 4 is 5.69 Å². The minimum atomic E-state index is 0.346. The first kappa shape index (κ1) is 17.2. The van der Waals surface area contributed by atoms with Gasteiger partial charge in [-0.15, -0.1) is 0 Å². The summed E-state index contributed by atoms with van der Waals surface area (Å²) in [7, 11) is 0. The standard InChI is InChI=1S/C20H23N3O2/c1-2-3-7-18-14-20(25-22-18)16-24-23(19-8-5-4-6-9-19)15-17-10-12-21-13-11-17/h4-6,8-14H,2-3,7,15-16H2,1H3. The molecule has 1 aromatic carbocycles. The van der Waals surface area contributed by atoms with E-state index in [1.165, 1.54) is 0 Å². The highest BCUT2D eigenvalue weighted by atomic mass is 16.7. The van der Waals surface area contributed by atoms with E-state index in [9.17, 15) is 0 Å². The van der Waals surface area contributed by atoms with Crippen molar-refractivity contribution in [3.63, 3.8) is 0 Å². The molecule has 0 N–H and O–H groups in total. The summed E-state index contributed by atoms with van der Waals surface area (Å²) < 4.78 is 5.39. The Morgan fingerprint density at radius 2 is 1.88 bits per heavy atom. The van der Waals surface area contributed by atoms with Crippen LogP contribution >= 0.6 is 0 Å². The minimum Gasteiger partial charge on any atom is -0.359 e. The summed E-state index contributed by atoms with van der Waals surface area (Å²) in [5, 5.41) is 5.97. The molecule has 2 aromatic heterocycles. The summed E-state index contributed by atoms with van der Waals surface area (Å²) in [6.45, 7) is 3.14. The molecule has 3 aromatic rings. The Labute approximate surface area is 148 Å². The first-order valence-electron chi connectivity index (χ1n) is 8.64. The largest absolute Gasteiger partial charge is 0.359 e.